The van der Waals surface area contributed by atoms with Gasteiger partial charge in [0.15, 0.2) is 5.82 Å². The molecule has 0 unspecified atom stereocenters. The third-order valence-corrected chi connectivity index (χ3v) is 7.42. The van der Waals surface area contributed by atoms with Gasteiger partial charge in [-0.3, -0.25) is 4.98 Å². The zero-order chi connectivity index (χ0) is 21.8. The number of aromatic nitrogens is 3. The predicted octanol–water partition coefficient (Wildman–Crippen LogP) is 3.16. The molecule has 2 aromatic heterocycles. The summed E-state index contributed by atoms with van der Waals surface area (Å²) in [7, 11) is -0.317. The predicted molar refractivity (Wildman–Crippen MR) is 119 cm³/mol. The van der Waals surface area contributed by atoms with E-state index in [0.29, 0.717) is 37.5 Å². The molecule has 1 aliphatic rings. The van der Waals surface area contributed by atoms with E-state index in [4.69, 9.17) is 9.72 Å². The van der Waals surface area contributed by atoms with Crippen LogP contribution in [0.15, 0.2) is 59.8 Å². The summed E-state index contributed by atoms with van der Waals surface area (Å²) in [6.45, 7) is 0.846. The molecule has 0 atom stereocenters. The van der Waals surface area contributed by atoms with E-state index in [-0.39, 0.29) is 10.8 Å². The van der Waals surface area contributed by atoms with Crippen molar-refractivity contribution in [3.63, 3.8) is 0 Å². The van der Waals surface area contributed by atoms with E-state index >= 15 is 0 Å². The molecule has 0 saturated carbocycles. The Morgan fingerprint density at radius 3 is 2.55 bits per heavy atom. The number of para-hydroxylation sites is 1. The second kappa shape index (κ2) is 8.99. The van der Waals surface area contributed by atoms with Gasteiger partial charge in [0.2, 0.25) is 10.0 Å². The highest BCUT2D eigenvalue weighted by Gasteiger charge is 2.32. The SMILES string of the molecule is CNc1cc(C2CCN(S(=O)(=O)c3ccccc3OC)CC2)nc(-c2cccnc2)n1. The minimum atomic E-state index is -3.62. The number of piperidine rings is 1. The molecule has 1 fully saturated rings. The summed E-state index contributed by atoms with van der Waals surface area (Å²) in [6.07, 6.45) is 4.81. The zero-order valence-electron chi connectivity index (χ0n) is 17.5. The van der Waals surface area contributed by atoms with Crippen LogP contribution in [0.25, 0.3) is 11.4 Å². The molecule has 4 rings (SSSR count). The molecule has 31 heavy (non-hydrogen) atoms. The number of rotatable bonds is 6. The molecule has 1 aromatic carbocycles. The van der Waals surface area contributed by atoms with Gasteiger partial charge in [-0.25, -0.2) is 18.4 Å². The summed E-state index contributed by atoms with van der Waals surface area (Å²) in [4.78, 5) is 13.7. The molecule has 0 aliphatic carbocycles. The Balaban J connectivity index is 1.55. The van der Waals surface area contributed by atoms with Crippen LogP contribution < -0.4 is 10.1 Å². The molecular formula is C22H25N5O3S. The largest absolute Gasteiger partial charge is 0.495 e. The Morgan fingerprint density at radius 1 is 1.10 bits per heavy atom. The normalized spacial score (nSPS) is 15.5. The van der Waals surface area contributed by atoms with Gasteiger partial charge in [0.25, 0.3) is 0 Å². The minimum absolute atomic E-state index is 0.148. The van der Waals surface area contributed by atoms with Crippen LogP contribution in [0.4, 0.5) is 5.82 Å². The quantitative estimate of drug-likeness (QED) is 0.630. The number of hydrogen-bond donors (Lipinski definition) is 1. The average Bonchev–Trinajstić information content (AvgIpc) is 2.84. The van der Waals surface area contributed by atoms with Gasteiger partial charge in [-0.1, -0.05) is 12.1 Å². The van der Waals surface area contributed by atoms with Crippen molar-refractivity contribution < 1.29 is 13.2 Å². The lowest BCUT2D eigenvalue weighted by Crippen LogP contribution is -2.38. The number of methoxy groups -OCH3 is 1. The molecule has 1 N–H and O–H groups in total. The van der Waals surface area contributed by atoms with Crippen molar-refractivity contribution in [2.45, 2.75) is 23.7 Å². The number of hydrogen-bond acceptors (Lipinski definition) is 7. The number of pyridine rings is 1. The van der Waals surface area contributed by atoms with Crippen molar-refractivity contribution in [2.24, 2.45) is 0 Å². The van der Waals surface area contributed by atoms with E-state index in [1.165, 1.54) is 11.4 Å². The molecule has 1 saturated heterocycles. The fourth-order valence-corrected chi connectivity index (χ4v) is 5.42. The third kappa shape index (κ3) is 4.38. The summed E-state index contributed by atoms with van der Waals surface area (Å²) in [5.41, 5.74) is 1.75. The number of nitrogens with one attached hydrogen (secondary N) is 1. The summed E-state index contributed by atoms with van der Waals surface area (Å²) >= 11 is 0. The first-order chi connectivity index (χ1) is 15.0. The smallest absolute Gasteiger partial charge is 0.246 e. The number of ether oxygens (including phenoxy) is 1. The average molecular weight is 440 g/mol. The first kappa shape index (κ1) is 21.2. The van der Waals surface area contributed by atoms with E-state index in [0.717, 1.165) is 17.1 Å². The van der Waals surface area contributed by atoms with Gasteiger partial charge in [0, 0.05) is 55.8 Å². The topological polar surface area (TPSA) is 97.3 Å². The van der Waals surface area contributed by atoms with Crippen LogP contribution in [-0.2, 0) is 10.0 Å². The van der Waals surface area contributed by atoms with Crippen molar-refractivity contribution in [1.82, 2.24) is 19.3 Å². The second-order valence-corrected chi connectivity index (χ2v) is 9.23. The molecule has 3 aromatic rings. The van der Waals surface area contributed by atoms with E-state index < -0.39 is 10.0 Å². The fraction of sp³-hybridized carbons (Fsp3) is 0.318. The Hall–Kier alpha value is -3.04. The summed E-state index contributed by atoms with van der Waals surface area (Å²) in [5.74, 6) is 1.85. The molecule has 3 heterocycles. The van der Waals surface area contributed by atoms with Crippen LogP contribution in [0.2, 0.25) is 0 Å². The third-order valence-electron chi connectivity index (χ3n) is 5.48. The molecule has 162 valence electrons. The summed E-state index contributed by atoms with van der Waals surface area (Å²) in [5, 5.41) is 3.09. The number of anilines is 1. The van der Waals surface area contributed by atoms with E-state index in [9.17, 15) is 8.42 Å². The van der Waals surface area contributed by atoms with E-state index in [1.54, 1.807) is 36.7 Å². The van der Waals surface area contributed by atoms with Crippen molar-refractivity contribution in [3.05, 3.63) is 60.6 Å². The van der Waals surface area contributed by atoms with Crippen molar-refractivity contribution in [3.8, 4) is 17.1 Å². The van der Waals surface area contributed by atoms with Crippen LogP contribution in [-0.4, -0.2) is 54.9 Å². The molecule has 8 nitrogen and oxygen atoms in total. The lowest BCUT2D eigenvalue weighted by molar-refractivity contribution is 0.314. The van der Waals surface area contributed by atoms with Crippen LogP contribution in [0.1, 0.15) is 24.5 Å². The van der Waals surface area contributed by atoms with Crippen molar-refractivity contribution >= 4 is 15.8 Å². The minimum Gasteiger partial charge on any atom is -0.495 e. The van der Waals surface area contributed by atoms with Gasteiger partial charge in [-0.15, -0.1) is 0 Å². The monoisotopic (exact) mass is 439 g/mol. The first-order valence-corrected chi connectivity index (χ1v) is 11.6. The second-order valence-electron chi connectivity index (χ2n) is 7.32. The van der Waals surface area contributed by atoms with Gasteiger partial charge in [-0.05, 0) is 37.1 Å². The van der Waals surface area contributed by atoms with E-state index in [1.807, 2.05) is 25.2 Å². The Labute approximate surface area is 182 Å². The Bertz CT molecular complexity index is 1150. The number of sulfonamides is 1. The highest BCUT2D eigenvalue weighted by Crippen LogP contribution is 2.33. The van der Waals surface area contributed by atoms with Gasteiger partial charge in [0.05, 0.1) is 7.11 Å². The van der Waals surface area contributed by atoms with Crippen molar-refractivity contribution in [1.29, 1.82) is 0 Å². The van der Waals surface area contributed by atoms with E-state index in [2.05, 4.69) is 15.3 Å². The van der Waals surface area contributed by atoms with Gasteiger partial charge >= 0.3 is 0 Å². The molecule has 9 heteroatoms. The molecule has 1 aliphatic heterocycles. The lowest BCUT2D eigenvalue weighted by Gasteiger charge is -2.31. The Morgan fingerprint density at radius 2 is 1.87 bits per heavy atom. The summed E-state index contributed by atoms with van der Waals surface area (Å²) in [6, 6.07) is 12.4. The maximum absolute atomic E-state index is 13.2. The maximum atomic E-state index is 13.2. The fourth-order valence-electron chi connectivity index (χ4n) is 3.79. The van der Waals surface area contributed by atoms with Gasteiger partial charge in [0.1, 0.15) is 16.5 Å². The number of nitrogens with zero attached hydrogens (tertiary/aromatic N) is 4. The first-order valence-electron chi connectivity index (χ1n) is 10.1. The standard InChI is InChI=1S/C22H25N5O3S/c1-23-21-14-18(25-22(26-21)17-6-5-11-24-15-17)16-9-12-27(13-10-16)31(28,29)20-8-4-3-7-19(20)30-2/h3-8,11,14-16H,9-10,12-13H2,1-2H3,(H,23,25,26). The molecule has 0 spiro atoms. The van der Waals surface area contributed by atoms with Gasteiger partial charge < -0.3 is 10.1 Å². The van der Waals surface area contributed by atoms with Crippen LogP contribution in [0, 0.1) is 0 Å². The Kier molecular flexibility index (Phi) is 6.15. The summed E-state index contributed by atoms with van der Waals surface area (Å²) < 4.78 is 33.1. The molecule has 0 amide bonds. The molecule has 0 radical (unpaired) electrons. The van der Waals surface area contributed by atoms with Gasteiger partial charge in [-0.2, -0.15) is 4.31 Å². The highest BCUT2D eigenvalue weighted by molar-refractivity contribution is 7.89. The van der Waals surface area contributed by atoms with Crippen LogP contribution in [0.3, 0.4) is 0 Å². The zero-order valence-corrected chi connectivity index (χ0v) is 18.3. The number of benzene rings is 1. The lowest BCUT2D eigenvalue weighted by atomic mass is 9.94. The van der Waals surface area contributed by atoms with Crippen LogP contribution in [0.5, 0.6) is 5.75 Å². The highest BCUT2D eigenvalue weighted by atomic mass is 32.2. The van der Waals surface area contributed by atoms with Crippen molar-refractivity contribution in [2.75, 3.05) is 32.6 Å². The van der Waals surface area contributed by atoms with Crippen LogP contribution >= 0.6 is 0 Å². The molecule has 0 bridgehead atoms. The molecular weight excluding hydrogens is 414 g/mol. The maximum Gasteiger partial charge on any atom is 0.246 e.